The van der Waals surface area contributed by atoms with Gasteiger partial charge in [-0.2, -0.15) is 0 Å². The van der Waals surface area contributed by atoms with Crippen LogP contribution in [0.1, 0.15) is 0 Å². The van der Waals surface area contributed by atoms with Crippen LogP contribution in [0, 0.1) is 0 Å². The third kappa shape index (κ3) is 6.10. The minimum absolute atomic E-state index is 0.00869. The summed E-state index contributed by atoms with van der Waals surface area (Å²) in [5.74, 6) is -0.366. The van der Waals surface area contributed by atoms with Crippen LogP contribution in [0.2, 0.25) is 0 Å². The second kappa shape index (κ2) is 11.3. The maximum Gasteiger partial charge on any atom is 0.264 e. The average molecular weight is 553 g/mol. The molecule has 0 fully saturated rings. The van der Waals surface area contributed by atoms with E-state index >= 15 is 0 Å². The van der Waals surface area contributed by atoms with Gasteiger partial charge in [-0.05, 0) is 60.7 Å². The second-order valence-electron chi connectivity index (χ2n) is 7.92. The first-order valence-corrected chi connectivity index (χ1v) is 14.2. The van der Waals surface area contributed by atoms with E-state index in [-0.39, 0.29) is 26.9 Å². The van der Waals surface area contributed by atoms with Crippen LogP contribution in [-0.2, 0) is 24.8 Å². The molecule has 0 atom stereocenters. The number of carbonyl (C=O) groups excluding carboxylic acids is 1. The van der Waals surface area contributed by atoms with Crippen molar-refractivity contribution in [3.8, 4) is 5.75 Å². The largest absolute Gasteiger partial charge is 0.495 e. The molecular formula is C26H24N4O6S2. The molecule has 0 aliphatic carbocycles. The van der Waals surface area contributed by atoms with E-state index in [1.54, 1.807) is 54.6 Å². The normalized spacial score (nSPS) is 11.4. The SMILES string of the molecule is COc1ccccc1N(CC(=O)Nc1ccc(S(=O)(=O)Nc2cccnc2)cc1)S(=O)(=O)c1ccccc1. The first-order chi connectivity index (χ1) is 18.2. The highest BCUT2D eigenvalue weighted by Gasteiger charge is 2.29. The number of nitrogens with zero attached hydrogens (tertiary/aromatic N) is 2. The van der Waals surface area contributed by atoms with Crippen LogP contribution in [0.25, 0.3) is 0 Å². The summed E-state index contributed by atoms with van der Waals surface area (Å²) in [6.07, 6.45) is 2.90. The molecule has 0 aliphatic rings. The number of pyridine rings is 1. The monoisotopic (exact) mass is 552 g/mol. The standard InChI is InChI=1S/C26H24N4O6S2/c1-36-25-12-6-5-11-24(25)30(38(34,35)23-9-3-2-4-10-23)19-26(31)28-20-13-15-22(16-14-20)37(32,33)29-21-8-7-17-27-18-21/h2-18,29H,19H2,1H3,(H,28,31). The van der Waals surface area contributed by atoms with Gasteiger partial charge in [0, 0.05) is 11.9 Å². The number of sulfonamides is 2. The van der Waals surface area contributed by atoms with Crippen LogP contribution >= 0.6 is 0 Å². The Labute approximate surface area is 221 Å². The number of hydrogen-bond donors (Lipinski definition) is 2. The van der Waals surface area contributed by atoms with E-state index in [2.05, 4.69) is 15.0 Å². The fourth-order valence-electron chi connectivity index (χ4n) is 3.54. The van der Waals surface area contributed by atoms with Crippen LogP contribution in [0.5, 0.6) is 5.75 Å². The predicted molar refractivity (Wildman–Crippen MR) is 144 cm³/mol. The Balaban J connectivity index is 1.55. The quantitative estimate of drug-likeness (QED) is 0.306. The van der Waals surface area contributed by atoms with Crippen molar-refractivity contribution in [1.29, 1.82) is 0 Å². The highest BCUT2D eigenvalue weighted by Crippen LogP contribution is 2.32. The van der Waals surface area contributed by atoms with Crippen molar-refractivity contribution in [3.63, 3.8) is 0 Å². The number of para-hydroxylation sites is 2. The number of ether oxygens (including phenoxy) is 1. The van der Waals surface area contributed by atoms with Crippen molar-refractivity contribution in [3.05, 3.63) is 103 Å². The Bertz CT molecular complexity index is 1610. The molecule has 3 aromatic carbocycles. The Kier molecular flexibility index (Phi) is 7.93. The zero-order chi connectivity index (χ0) is 27.2. The molecule has 12 heteroatoms. The van der Waals surface area contributed by atoms with Gasteiger partial charge < -0.3 is 10.1 Å². The van der Waals surface area contributed by atoms with Gasteiger partial charge in [-0.3, -0.25) is 18.8 Å². The van der Waals surface area contributed by atoms with Gasteiger partial charge in [0.2, 0.25) is 5.91 Å². The van der Waals surface area contributed by atoms with E-state index in [9.17, 15) is 21.6 Å². The summed E-state index contributed by atoms with van der Waals surface area (Å²) >= 11 is 0. The summed E-state index contributed by atoms with van der Waals surface area (Å²) in [6, 6.07) is 22.9. The first-order valence-electron chi connectivity index (χ1n) is 11.2. The third-order valence-corrected chi connectivity index (χ3v) is 8.51. The van der Waals surface area contributed by atoms with Crippen molar-refractivity contribution < 1.29 is 26.4 Å². The smallest absolute Gasteiger partial charge is 0.264 e. The lowest BCUT2D eigenvalue weighted by atomic mass is 10.3. The second-order valence-corrected chi connectivity index (χ2v) is 11.5. The number of amides is 1. The predicted octanol–water partition coefficient (Wildman–Crippen LogP) is 3.73. The number of benzene rings is 3. The Morgan fingerprint density at radius 1 is 0.816 bits per heavy atom. The number of methoxy groups -OCH3 is 1. The Hall–Kier alpha value is -4.42. The van der Waals surface area contributed by atoms with Crippen LogP contribution in [0.3, 0.4) is 0 Å². The van der Waals surface area contributed by atoms with Gasteiger partial charge in [0.05, 0.1) is 34.5 Å². The highest BCUT2D eigenvalue weighted by atomic mass is 32.2. The summed E-state index contributed by atoms with van der Waals surface area (Å²) in [4.78, 5) is 16.9. The molecule has 2 N–H and O–H groups in total. The van der Waals surface area contributed by atoms with Crippen molar-refractivity contribution in [1.82, 2.24) is 4.98 Å². The van der Waals surface area contributed by atoms with Gasteiger partial charge in [0.1, 0.15) is 12.3 Å². The number of hydrogen-bond acceptors (Lipinski definition) is 7. The summed E-state index contributed by atoms with van der Waals surface area (Å²) < 4.78 is 61.0. The van der Waals surface area contributed by atoms with Gasteiger partial charge in [-0.15, -0.1) is 0 Å². The van der Waals surface area contributed by atoms with E-state index in [1.807, 2.05) is 0 Å². The minimum atomic E-state index is -4.13. The molecule has 0 aliphatic heterocycles. The Morgan fingerprint density at radius 2 is 1.50 bits per heavy atom. The molecule has 0 bridgehead atoms. The highest BCUT2D eigenvalue weighted by molar-refractivity contribution is 7.93. The Morgan fingerprint density at radius 3 is 2.16 bits per heavy atom. The maximum absolute atomic E-state index is 13.5. The van der Waals surface area contributed by atoms with Crippen LogP contribution in [0.15, 0.2) is 113 Å². The zero-order valence-electron chi connectivity index (χ0n) is 20.2. The molecule has 38 heavy (non-hydrogen) atoms. The minimum Gasteiger partial charge on any atom is -0.495 e. The van der Waals surface area contributed by atoms with E-state index < -0.39 is 32.5 Å². The average Bonchev–Trinajstić information content (AvgIpc) is 2.93. The molecule has 1 heterocycles. The molecule has 4 rings (SSSR count). The van der Waals surface area contributed by atoms with Crippen molar-refractivity contribution >= 4 is 43.0 Å². The lowest BCUT2D eigenvalue weighted by Crippen LogP contribution is -2.38. The third-order valence-electron chi connectivity index (χ3n) is 5.33. The summed E-state index contributed by atoms with van der Waals surface area (Å²) in [5.41, 5.74) is 0.783. The van der Waals surface area contributed by atoms with E-state index in [0.29, 0.717) is 5.69 Å². The number of anilines is 3. The van der Waals surface area contributed by atoms with Gasteiger partial charge >= 0.3 is 0 Å². The number of aromatic nitrogens is 1. The van der Waals surface area contributed by atoms with Crippen LogP contribution < -0.4 is 19.1 Å². The fourth-order valence-corrected chi connectivity index (χ4v) is 6.04. The molecule has 4 aromatic rings. The summed E-state index contributed by atoms with van der Waals surface area (Å²) in [5, 5.41) is 2.62. The van der Waals surface area contributed by atoms with Crippen LogP contribution in [-0.4, -0.2) is 41.4 Å². The van der Waals surface area contributed by atoms with Crippen LogP contribution in [0.4, 0.5) is 17.1 Å². The van der Waals surface area contributed by atoms with Crippen molar-refractivity contribution in [2.24, 2.45) is 0 Å². The molecule has 0 radical (unpaired) electrons. The lowest BCUT2D eigenvalue weighted by Gasteiger charge is -2.25. The number of carbonyl (C=O) groups is 1. The molecule has 1 amide bonds. The van der Waals surface area contributed by atoms with Gasteiger partial charge in [0.25, 0.3) is 20.0 Å². The van der Waals surface area contributed by atoms with Crippen molar-refractivity contribution in [2.45, 2.75) is 9.79 Å². The molecule has 0 saturated heterocycles. The van der Waals surface area contributed by atoms with Crippen molar-refractivity contribution in [2.75, 3.05) is 28.0 Å². The molecule has 0 saturated carbocycles. The van der Waals surface area contributed by atoms with E-state index in [0.717, 1.165) is 4.31 Å². The summed E-state index contributed by atoms with van der Waals surface area (Å²) in [7, 11) is -6.60. The maximum atomic E-state index is 13.5. The molecule has 10 nitrogen and oxygen atoms in total. The zero-order valence-corrected chi connectivity index (χ0v) is 21.8. The fraction of sp³-hybridized carbons (Fsp3) is 0.0769. The van der Waals surface area contributed by atoms with Gasteiger partial charge in [-0.25, -0.2) is 16.8 Å². The topological polar surface area (TPSA) is 135 Å². The molecule has 1 aromatic heterocycles. The number of nitrogens with one attached hydrogen (secondary N) is 2. The van der Waals surface area contributed by atoms with E-state index in [4.69, 9.17) is 4.74 Å². The molecule has 196 valence electrons. The van der Waals surface area contributed by atoms with Gasteiger partial charge in [0.15, 0.2) is 0 Å². The summed E-state index contributed by atoms with van der Waals surface area (Å²) in [6.45, 7) is -0.555. The first kappa shape index (κ1) is 26.6. The molecule has 0 unspecified atom stereocenters. The van der Waals surface area contributed by atoms with Gasteiger partial charge in [-0.1, -0.05) is 30.3 Å². The molecular weight excluding hydrogens is 528 g/mol. The number of rotatable bonds is 10. The lowest BCUT2D eigenvalue weighted by molar-refractivity contribution is -0.114. The van der Waals surface area contributed by atoms with E-state index in [1.165, 1.54) is 55.9 Å². The molecule has 0 spiro atoms.